The van der Waals surface area contributed by atoms with Crippen molar-refractivity contribution in [3.8, 4) is 0 Å². The van der Waals surface area contributed by atoms with E-state index in [9.17, 15) is 4.79 Å². The van der Waals surface area contributed by atoms with Crippen molar-refractivity contribution >= 4 is 28.6 Å². The van der Waals surface area contributed by atoms with Gasteiger partial charge >= 0.3 is 0 Å². The molecule has 94 valence electrons. The topological polar surface area (TPSA) is 85.3 Å². The zero-order chi connectivity index (χ0) is 13.1. The van der Waals surface area contributed by atoms with Gasteiger partial charge < -0.3 is 11.1 Å². The van der Waals surface area contributed by atoms with E-state index in [0.717, 1.165) is 0 Å². The highest BCUT2D eigenvalue weighted by Gasteiger charge is 2.14. The van der Waals surface area contributed by atoms with Gasteiger partial charge in [0.1, 0.15) is 0 Å². The average Bonchev–Trinajstić information content (AvgIpc) is 2.79. The van der Waals surface area contributed by atoms with Crippen LogP contribution in [0.4, 0.5) is 0 Å². The lowest BCUT2D eigenvalue weighted by Crippen LogP contribution is -2.33. The van der Waals surface area contributed by atoms with Crippen molar-refractivity contribution in [3.05, 3.63) is 30.4 Å². The number of rotatable bonds is 4. The van der Waals surface area contributed by atoms with Crippen LogP contribution in [0.5, 0.6) is 0 Å². The Balaban J connectivity index is 2.12. The predicted molar refractivity (Wildman–Crippen MR) is 71.3 cm³/mol. The highest BCUT2D eigenvalue weighted by Crippen LogP contribution is 2.08. The molecule has 0 spiro atoms. The molecule has 0 aliphatic rings. The zero-order valence-corrected chi connectivity index (χ0v) is 10.6. The SMILES string of the molecule is CC(CNC(=O)c1cnn2ccncc12)C(N)=S. The van der Waals surface area contributed by atoms with Gasteiger partial charge in [0.05, 0.1) is 28.5 Å². The fourth-order valence-electron chi connectivity index (χ4n) is 1.45. The minimum atomic E-state index is -0.207. The summed E-state index contributed by atoms with van der Waals surface area (Å²) in [6.07, 6.45) is 6.40. The maximum absolute atomic E-state index is 12.0. The Hall–Kier alpha value is -2.02. The van der Waals surface area contributed by atoms with Gasteiger partial charge in [0.15, 0.2) is 0 Å². The maximum Gasteiger partial charge on any atom is 0.255 e. The zero-order valence-electron chi connectivity index (χ0n) is 9.83. The number of thiocarbonyl (C=S) groups is 1. The lowest BCUT2D eigenvalue weighted by atomic mass is 10.2. The van der Waals surface area contributed by atoms with Crippen molar-refractivity contribution < 1.29 is 4.79 Å². The number of nitrogens with one attached hydrogen (secondary N) is 1. The molecule has 0 aliphatic carbocycles. The van der Waals surface area contributed by atoms with E-state index in [-0.39, 0.29) is 11.8 Å². The Labute approximate surface area is 109 Å². The molecule has 0 saturated carbocycles. The van der Waals surface area contributed by atoms with Crippen molar-refractivity contribution in [2.75, 3.05) is 6.54 Å². The summed E-state index contributed by atoms with van der Waals surface area (Å²) in [7, 11) is 0. The van der Waals surface area contributed by atoms with Crippen LogP contribution >= 0.6 is 12.2 Å². The lowest BCUT2D eigenvalue weighted by molar-refractivity contribution is 0.0953. The molecule has 2 aromatic heterocycles. The number of hydrogen-bond donors (Lipinski definition) is 2. The van der Waals surface area contributed by atoms with Crippen LogP contribution < -0.4 is 11.1 Å². The summed E-state index contributed by atoms with van der Waals surface area (Å²) >= 11 is 4.85. The smallest absolute Gasteiger partial charge is 0.255 e. The first-order valence-corrected chi connectivity index (χ1v) is 5.85. The number of carbonyl (C=O) groups excluding carboxylic acids is 1. The van der Waals surface area contributed by atoms with Crippen LogP contribution in [0.15, 0.2) is 24.8 Å². The van der Waals surface area contributed by atoms with Crippen molar-refractivity contribution in [1.29, 1.82) is 0 Å². The van der Waals surface area contributed by atoms with E-state index in [1.165, 1.54) is 6.20 Å². The molecule has 1 amide bonds. The van der Waals surface area contributed by atoms with E-state index in [2.05, 4.69) is 15.4 Å². The molecule has 0 fully saturated rings. The molecule has 1 unspecified atom stereocenters. The number of fused-ring (bicyclic) bond motifs is 1. The van der Waals surface area contributed by atoms with E-state index < -0.39 is 0 Å². The standard InChI is InChI=1S/C11H13N5OS/c1-7(10(12)18)4-14-11(17)8-5-15-16-3-2-13-6-9(8)16/h2-3,5-7H,4H2,1H3,(H2,12,18)(H,14,17). The van der Waals surface area contributed by atoms with Crippen molar-refractivity contribution in [2.24, 2.45) is 11.7 Å². The maximum atomic E-state index is 12.0. The molecule has 0 aliphatic heterocycles. The highest BCUT2D eigenvalue weighted by atomic mass is 32.1. The molecule has 2 rings (SSSR count). The van der Waals surface area contributed by atoms with Crippen LogP contribution in [0.3, 0.4) is 0 Å². The van der Waals surface area contributed by atoms with Crippen molar-refractivity contribution in [1.82, 2.24) is 19.9 Å². The van der Waals surface area contributed by atoms with Crippen LogP contribution in [-0.4, -0.2) is 32.0 Å². The van der Waals surface area contributed by atoms with Gasteiger partial charge in [-0.2, -0.15) is 5.10 Å². The number of aromatic nitrogens is 3. The van der Waals surface area contributed by atoms with Crippen molar-refractivity contribution in [2.45, 2.75) is 6.92 Å². The summed E-state index contributed by atoms with van der Waals surface area (Å²) in [6.45, 7) is 2.27. The first-order chi connectivity index (χ1) is 8.59. The third-order valence-corrected chi connectivity index (χ3v) is 3.03. The number of carbonyl (C=O) groups is 1. The summed E-state index contributed by atoms with van der Waals surface area (Å²) in [5.41, 5.74) is 6.63. The van der Waals surface area contributed by atoms with Crippen LogP contribution in [0, 0.1) is 5.92 Å². The van der Waals surface area contributed by atoms with Gasteiger partial charge in [-0.25, -0.2) is 4.52 Å². The Morgan fingerprint density at radius 3 is 3.11 bits per heavy atom. The molecule has 7 heteroatoms. The second-order valence-electron chi connectivity index (χ2n) is 3.98. The second-order valence-corrected chi connectivity index (χ2v) is 4.45. The number of hydrogen-bond acceptors (Lipinski definition) is 4. The minimum absolute atomic E-state index is 0.0380. The third kappa shape index (κ3) is 2.45. The molecule has 18 heavy (non-hydrogen) atoms. The summed E-state index contributed by atoms with van der Waals surface area (Å²) in [5, 5.41) is 6.84. The molecular weight excluding hydrogens is 250 g/mol. The van der Waals surface area contributed by atoms with Crippen molar-refractivity contribution in [3.63, 3.8) is 0 Å². The van der Waals surface area contributed by atoms with Gasteiger partial charge in [-0.3, -0.25) is 9.78 Å². The molecular formula is C11H13N5OS. The average molecular weight is 263 g/mol. The van der Waals surface area contributed by atoms with E-state index in [1.54, 1.807) is 23.1 Å². The van der Waals surface area contributed by atoms with Gasteiger partial charge in [-0.05, 0) is 0 Å². The largest absolute Gasteiger partial charge is 0.393 e. The molecule has 0 bridgehead atoms. The first-order valence-electron chi connectivity index (χ1n) is 5.44. The minimum Gasteiger partial charge on any atom is -0.393 e. The Morgan fingerprint density at radius 2 is 2.39 bits per heavy atom. The Morgan fingerprint density at radius 1 is 1.61 bits per heavy atom. The fraction of sp³-hybridized carbons (Fsp3) is 0.273. The molecule has 0 saturated heterocycles. The van der Waals surface area contributed by atoms with E-state index in [1.807, 2.05) is 6.92 Å². The number of nitrogens with two attached hydrogens (primary N) is 1. The normalized spacial score (nSPS) is 12.3. The fourth-order valence-corrected chi connectivity index (χ4v) is 1.53. The summed E-state index contributed by atoms with van der Waals surface area (Å²) in [6, 6.07) is 0. The number of nitrogens with zero attached hydrogens (tertiary/aromatic N) is 3. The van der Waals surface area contributed by atoms with Crippen LogP contribution in [-0.2, 0) is 0 Å². The van der Waals surface area contributed by atoms with Gasteiger partial charge in [0.2, 0.25) is 0 Å². The monoisotopic (exact) mass is 263 g/mol. The Kier molecular flexibility index (Phi) is 3.52. The van der Waals surface area contributed by atoms with Gasteiger partial charge in [-0.1, -0.05) is 19.1 Å². The number of amides is 1. The predicted octanol–water partition coefficient (Wildman–Crippen LogP) is 0.381. The lowest BCUT2D eigenvalue weighted by Gasteiger charge is -2.10. The molecule has 3 N–H and O–H groups in total. The third-order valence-electron chi connectivity index (χ3n) is 2.62. The summed E-state index contributed by atoms with van der Waals surface area (Å²) in [4.78, 5) is 16.3. The van der Waals surface area contributed by atoms with E-state index >= 15 is 0 Å². The summed E-state index contributed by atoms with van der Waals surface area (Å²) < 4.78 is 1.60. The molecule has 2 heterocycles. The molecule has 0 aromatic carbocycles. The first kappa shape index (κ1) is 12.4. The molecule has 2 aromatic rings. The van der Waals surface area contributed by atoms with E-state index in [4.69, 9.17) is 18.0 Å². The second kappa shape index (κ2) is 5.09. The molecule has 1 atom stereocenters. The van der Waals surface area contributed by atoms with Gasteiger partial charge in [0.25, 0.3) is 5.91 Å². The van der Waals surface area contributed by atoms with Crippen LogP contribution in [0.2, 0.25) is 0 Å². The Bertz CT molecular complexity index is 594. The van der Waals surface area contributed by atoms with E-state index in [0.29, 0.717) is 22.6 Å². The van der Waals surface area contributed by atoms with Crippen LogP contribution in [0.1, 0.15) is 17.3 Å². The highest BCUT2D eigenvalue weighted by molar-refractivity contribution is 7.80. The molecule has 6 nitrogen and oxygen atoms in total. The quantitative estimate of drug-likeness (QED) is 0.779. The van der Waals surface area contributed by atoms with Gasteiger partial charge in [-0.15, -0.1) is 0 Å². The van der Waals surface area contributed by atoms with Gasteiger partial charge in [0, 0.05) is 24.9 Å². The summed E-state index contributed by atoms with van der Waals surface area (Å²) in [5.74, 6) is -0.245. The molecule has 0 radical (unpaired) electrons. The van der Waals surface area contributed by atoms with Crippen LogP contribution in [0.25, 0.3) is 5.52 Å².